The topological polar surface area (TPSA) is 150 Å². The molecule has 0 aliphatic heterocycles. The number of nitrogens with zero attached hydrogens (tertiary/aromatic N) is 5. The van der Waals surface area contributed by atoms with Gasteiger partial charge in [-0.2, -0.15) is 4.98 Å². The van der Waals surface area contributed by atoms with Crippen molar-refractivity contribution in [1.82, 2.24) is 34.6 Å². The first-order valence-corrected chi connectivity index (χ1v) is 9.31. The first-order chi connectivity index (χ1) is 14.9. The van der Waals surface area contributed by atoms with E-state index in [4.69, 9.17) is 9.26 Å². The van der Waals surface area contributed by atoms with E-state index in [-0.39, 0.29) is 36.8 Å². The number of imidazole rings is 1. The van der Waals surface area contributed by atoms with E-state index >= 15 is 0 Å². The molecule has 12 heteroatoms. The number of rotatable bonds is 7. The first kappa shape index (κ1) is 20.2. The van der Waals surface area contributed by atoms with E-state index in [0.29, 0.717) is 11.6 Å². The zero-order valence-corrected chi connectivity index (χ0v) is 16.8. The molecule has 0 aliphatic rings. The van der Waals surface area contributed by atoms with Crippen LogP contribution in [-0.4, -0.2) is 41.8 Å². The number of aromatic amines is 1. The number of ether oxygens (including phenoxy) is 1. The van der Waals surface area contributed by atoms with Crippen molar-refractivity contribution in [3.63, 3.8) is 0 Å². The average Bonchev–Trinajstić information content (AvgIpc) is 3.43. The largest absolute Gasteiger partial charge is 0.362 e. The molecule has 0 aliphatic carbocycles. The Labute approximate surface area is 174 Å². The fraction of sp³-hybridized carbons (Fsp3) is 0.263. The van der Waals surface area contributed by atoms with Gasteiger partial charge >= 0.3 is 5.69 Å². The summed E-state index contributed by atoms with van der Waals surface area (Å²) in [6.07, 6.45) is 0. The molecule has 3 heterocycles. The van der Waals surface area contributed by atoms with Crippen LogP contribution < -0.4 is 16.6 Å². The third-order valence-electron chi connectivity index (χ3n) is 4.56. The number of aryl methyl sites for hydroxylation is 1. The lowest BCUT2D eigenvalue weighted by Gasteiger charge is -2.03. The standard InChI is InChI=1S/C19H19N7O5/c1-25-17-15(18(28)26(2)19(25)29)21-12(22-17)8-20-13(27)9-30-10-14-23-16(24-31-14)11-6-4-3-5-7-11/h3-7H,8-10H2,1-2H3,(H,20,27)(H,21,22). The smallest absolute Gasteiger partial charge is 0.332 e. The Hall–Kier alpha value is -4.06. The van der Waals surface area contributed by atoms with Crippen LogP contribution in [0.15, 0.2) is 44.4 Å². The zero-order chi connectivity index (χ0) is 22.0. The number of carbonyl (C=O) groups excluding carboxylic acids is 1. The molecule has 31 heavy (non-hydrogen) atoms. The molecular weight excluding hydrogens is 406 g/mol. The van der Waals surface area contributed by atoms with Crippen molar-refractivity contribution in [3.05, 3.63) is 62.9 Å². The van der Waals surface area contributed by atoms with Crippen molar-refractivity contribution < 1.29 is 14.1 Å². The number of carbonyl (C=O) groups is 1. The molecule has 4 aromatic rings. The van der Waals surface area contributed by atoms with Gasteiger partial charge in [0.2, 0.25) is 11.7 Å². The number of amides is 1. The molecule has 0 saturated heterocycles. The van der Waals surface area contributed by atoms with Gasteiger partial charge in [-0.05, 0) is 0 Å². The molecule has 3 aromatic heterocycles. The molecule has 0 spiro atoms. The van der Waals surface area contributed by atoms with Gasteiger partial charge in [0, 0.05) is 19.7 Å². The number of fused-ring (bicyclic) bond motifs is 1. The number of hydrogen-bond acceptors (Lipinski definition) is 8. The quantitative estimate of drug-likeness (QED) is 0.415. The third-order valence-corrected chi connectivity index (χ3v) is 4.56. The number of hydrogen-bond donors (Lipinski definition) is 2. The summed E-state index contributed by atoms with van der Waals surface area (Å²) < 4.78 is 12.7. The highest BCUT2D eigenvalue weighted by atomic mass is 16.5. The lowest BCUT2D eigenvalue weighted by atomic mass is 10.2. The Balaban J connectivity index is 1.31. The number of H-pyrrole nitrogens is 1. The van der Waals surface area contributed by atoms with Gasteiger partial charge in [0.25, 0.3) is 11.4 Å². The summed E-state index contributed by atoms with van der Waals surface area (Å²) >= 11 is 0. The van der Waals surface area contributed by atoms with Crippen molar-refractivity contribution in [2.75, 3.05) is 6.61 Å². The van der Waals surface area contributed by atoms with Gasteiger partial charge < -0.3 is 19.6 Å². The maximum Gasteiger partial charge on any atom is 0.332 e. The van der Waals surface area contributed by atoms with Crippen molar-refractivity contribution in [2.24, 2.45) is 14.1 Å². The van der Waals surface area contributed by atoms with Crippen LogP contribution in [0.5, 0.6) is 0 Å². The minimum absolute atomic E-state index is 0.0178. The van der Waals surface area contributed by atoms with Gasteiger partial charge in [-0.1, -0.05) is 35.5 Å². The highest BCUT2D eigenvalue weighted by Gasteiger charge is 2.14. The highest BCUT2D eigenvalue weighted by Crippen LogP contribution is 2.14. The van der Waals surface area contributed by atoms with Gasteiger partial charge in [0.15, 0.2) is 5.65 Å². The third kappa shape index (κ3) is 4.14. The minimum Gasteiger partial charge on any atom is -0.362 e. The fourth-order valence-electron chi connectivity index (χ4n) is 2.94. The van der Waals surface area contributed by atoms with Crippen LogP contribution in [0.1, 0.15) is 11.7 Å². The van der Waals surface area contributed by atoms with Crippen LogP contribution >= 0.6 is 0 Å². The Morgan fingerprint density at radius 2 is 1.94 bits per heavy atom. The fourth-order valence-corrected chi connectivity index (χ4v) is 2.94. The SMILES string of the molecule is Cn1c(=O)c2[nH]c(CNC(=O)COCc3nc(-c4ccccc4)no3)nc2n(C)c1=O. The van der Waals surface area contributed by atoms with E-state index in [2.05, 4.69) is 25.4 Å². The van der Waals surface area contributed by atoms with Crippen LogP contribution in [0.25, 0.3) is 22.6 Å². The summed E-state index contributed by atoms with van der Waals surface area (Å²) in [6.45, 7) is -0.216. The number of benzene rings is 1. The zero-order valence-electron chi connectivity index (χ0n) is 16.8. The second kappa shape index (κ2) is 8.36. The molecule has 0 saturated carbocycles. The molecule has 0 radical (unpaired) electrons. The monoisotopic (exact) mass is 425 g/mol. The van der Waals surface area contributed by atoms with Gasteiger partial charge in [0.1, 0.15) is 24.6 Å². The molecule has 12 nitrogen and oxygen atoms in total. The lowest BCUT2D eigenvalue weighted by molar-refractivity contribution is -0.126. The summed E-state index contributed by atoms with van der Waals surface area (Å²) in [7, 11) is 2.90. The van der Waals surface area contributed by atoms with Crippen LogP contribution in [0.3, 0.4) is 0 Å². The molecule has 0 fully saturated rings. The normalized spacial score (nSPS) is 11.2. The maximum atomic E-state index is 12.2. The Morgan fingerprint density at radius 1 is 1.16 bits per heavy atom. The van der Waals surface area contributed by atoms with Crippen molar-refractivity contribution in [1.29, 1.82) is 0 Å². The van der Waals surface area contributed by atoms with Crippen molar-refractivity contribution in [2.45, 2.75) is 13.2 Å². The molecule has 1 amide bonds. The molecule has 2 N–H and O–H groups in total. The summed E-state index contributed by atoms with van der Waals surface area (Å²) in [5.41, 5.74) is 0.258. The Kier molecular flexibility index (Phi) is 5.45. The van der Waals surface area contributed by atoms with Crippen LogP contribution in [-0.2, 0) is 36.8 Å². The molecule has 0 atom stereocenters. The van der Waals surface area contributed by atoms with Crippen molar-refractivity contribution >= 4 is 17.1 Å². The number of aromatic nitrogens is 6. The summed E-state index contributed by atoms with van der Waals surface area (Å²) in [4.78, 5) is 47.4. The van der Waals surface area contributed by atoms with Crippen LogP contribution in [0, 0.1) is 0 Å². The molecular formula is C19H19N7O5. The molecule has 1 aromatic carbocycles. The summed E-state index contributed by atoms with van der Waals surface area (Å²) in [5, 5.41) is 6.50. The highest BCUT2D eigenvalue weighted by molar-refractivity contribution is 5.77. The minimum atomic E-state index is -0.485. The molecule has 0 bridgehead atoms. The molecule has 160 valence electrons. The second-order valence-corrected chi connectivity index (χ2v) is 6.74. The Bertz CT molecular complexity index is 1350. The van der Waals surface area contributed by atoms with E-state index in [0.717, 1.165) is 10.1 Å². The average molecular weight is 425 g/mol. The molecule has 0 unspecified atom stereocenters. The van der Waals surface area contributed by atoms with E-state index in [1.807, 2.05) is 30.3 Å². The first-order valence-electron chi connectivity index (χ1n) is 9.31. The summed E-state index contributed by atoms with van der Waals surface area (Å²) in [6, 6.07) is 9.33. The van der Waals surface area contributed by atoms with Crippen LogP contribution in [0.4, 0.5) is 0 Å². The Morgan fingerprint density at radius 3 is 2.71 bits per heavy atom. The van der Waals surface area contributed by atoms with Gasteiger partial charge in [0.05, 0.1) is 6.54 Å². The maximum absolute atomic E-state index is 12.2. The second-order valence-electron chi connectivity index (χ2n) is 6.74. The number of nitrogens with one attached hydrogen (secondary N) is 2. The van der Waals surface area contributed by atoms with Gasteiger partial charge in [-0.3, -0.25) is 18.7 Å². The predicted octanol–water partition coefficient (Wildman–Crippen LogP) is -0.157. The van der Waals surface area contributed by atoms with E-state index in [9.17, 15) is 14.4 Å². The lowest BCUT2D eigenvalue weighted by Crippen LogP contribution is -2.36. The van der Waals surface area contributed by atoms with Gasteiger partial charge in [-0.25, -0.2) is 9.78 Å². The predicted molar refractivity (Wildman–Crippen MR) is 108 cm³/mol. The van der Waals surface area contributed by atoms with Crippen LogP contribution in [0.2, 0.25) is 0 Å². The van der Waals surface area contributed by atoms with E-state index in [1.165, 1.54) is 18.7 Å². The van der Waals surface area contributed by atoms with Gasteiger partial charge in [-0.15, -0.1) is 0 Å². The molecule has 4 rings (SSSR count). The van der Waals surface area contributed by atoms with E-state index < -0.39 is 17.2 Å². The van der Waals surface area contributed by atoms with E-state index in [1.54, 1.807) is 0 Å². The summed E-state index contributed by atoms with van der Waals surface area (Å²) in [5.74, 6) is 0.630. The van der Waals surface area contributed by atoms with Crippen molar-refractivity contribution in [3.8, 4) is 11.4 Å².